The van der Waals surface area contributed by atoms with Gasteiger partial charge >= 0.3 is 0 Å². The highest BCUT2D eigenvalue weighted by atomic mass is 16.5. The number of methoxy groups -OCH3 is 2. The molecule has 4 nitrogen and oxygen atoms in total. The van der Waals surface area contributed by atoms with Crippen LogP contribution in [0.2, 0.25) is 0 Å². The van der Waals surface area contributed by atoms with Crippen molar-refractivity contribution in [2.45, 2.75) is 32.5 Å². The van der Waals surface area contributed by atoms with Crippen molar-refractivity contribution in [1.29, 1.82) is 0 Å². The summed E-state index contributed by atoms with van der Waals surface area (Å²) in [6.07, 6.45) is 0.850. The highest BCUT2D eigenvalue weighted by Crippen LogP contribution is 2.19. The van der Waals surface area contributed by atoms with Crippen LogP contribution in [0.15, 0.2) is 18.2 Å². The lowest BCUT2D eigenvalue weighted by atomic mass is 10.1. The molecule has 0 aliphatic rings. The molecule has 0 spiro atoms. The van der Waals surface area contributed by atoms with Gasteiger partial charge < -0.3 is 19.9 Å². The first kappa shape index (κ1) is 14.8. The summed E-state index contributed by atoms with van der Waals surface area (Å²) in [5.74, 6) is 0.755. The maximum Gasteiger partial charge on any atom is 0.121 e. The van der Waals surface area contributed by atoms with Gasteiger partial charge in [-0.3, -0.25) is 0 Å². The minimum atomic E-state index is -0.145. The molecule has 0 aromatic heterocycles. The molecule has 2 N–H and O–H groups in total. The van der Waals surface area contributed by atoms with Crippen molar-refractivity contribution >= 4 is 5.69 Å². The molecule has 0 saturated heterocycles. The molecule has 1 aromatic rings. The first-order valence-electron chi connectivity index (χ1n) is 6.03. The monoisotopic (exact) mass is 253 g/mol. The number of rotatable bonds is 7. The smallest absolute Gasteiger partial charge is 0.121 e. The summed E-state index contributed by atoms with van der Waals surface area (Å²) in [4.78, 5) is 0. The first-order chi connectivity index (χ1) is 8.46. The summed E-state index contributed by atoms with van der Waals surface area (Å²) in [7, 11) is 3.34. The molecule has 0 radical (unpaired) electrons. The Morgan fingerprint density at radius 2 is 1.89 bits per heavy atom. The van der Waals surface area contributed by atoms with Crippen molar-refractivity contribution in [3.8, 4) is 5.75 Å². The minimum Gasteiger partial charge on any atom is -0.497 e. The molecule has 1 aromatic carbocycles. The predicted octanol–water partition coefficient (Wildman–Crippen LogP) is 2.61. The SMILES string of the molecule is COc1cc(N)cc(COCCC(C)(C)OC)c1. The van der Waals surface area contributed by atoms with Crippen molar-refractivity contribution in [3.63, 3.8) is 0 Å². The van der Waals surface area contributed by atoms with Gasteiger partial charge in [0.15, 0.2) is 0 Å². The molecule has 0 atom stereocenters. The lowest BCUT2D eigenvalue weighted by molar-refractivity contribution is -0.0124. The van der Waals surface area contributed by atoms with E-state index in [2.05, 4.69) is 0 Å². The summed E-state index contributed by atoms with van der Waals surface area (Å²) < 4.78 is 16.1. The Hall–Kier alpha value is -1.26. The molecule has 4 heteroatoms. The molecular formula is C14H23NO3. The Morgan fingerprint density at radius 1 is 1.17 bits per heavy atom. The molecule has 0 amide bonds. The zero-order chi connectivity index (χ0) is 13.6. The van der Waals surface area contributed by atoms with Crippen LogP contribution in [0.5, 0.6) is 5.75 Å². The van der Waals surface area contributed by atoms with Crippen LogP contribution >= 0.6 is 0 Å². The van der Waals surface area contributed by atoms with E-state index in [-0.39, 0.29) is 5.60 Å². The molecular weight excluding hydrogens is 230 g/mol. The van der Waals surface area contributed by atoms with E-state index in [9.17, 15) is 0 Å². The fourth-order valence-corrected chi connectivity index (χ4v) is 1.50. The molecule has 0 aliphatic heterocycles. The van der Waals surface area contributed by atoms with Gasteiger partial charge in [0.25, 0.3) is 0 Å². The van der Waals surface area contributed by atoms with E-state index in [0.717, 1.165) is 17.7 Å². The average Bonchev–Trinajstić information content (AvgIpc) is 2.34. The quantitative estimate of drug-likeness (QED) is 0.599. The molecule has 0 unspecified atom stereocenters. The molecule has 102 valence electrons. The largest absolute Gasteiger partial charge is 0.497 e. The lowest BCUT2D eigenvalue weighted by Gasteiger charge is -2.22. The van der Waals surface area contributed by atoms with Crippen molar-refractivity contribution in [1.82, 2.24) is 0 Å². The Morgan fingerprint density at radius 3 is 2.50 bits per heavy atom. The summed E-state index contributed by atoms with van der Waals surface area (Å²) in [5, 5.41) is 0. The highest BCUT2D eigenvalue weighted by Gasteiger charge is 2.15. The van der Waals surface area contributed by atoms with Crippen molar-refractivity contribution in [2.75, 3.05) is 26.6 Å². The van der Waals surface area contributed by atoms with Gasteiger partial charge in [-0.1, -0.05) is 0 Å². The maximum atomic E-state index is 5.77. The predicted molar refractivity (Wildman–Crippen MR) is 72.8 cm³/mol. The van der Waals surface area contributed by atoms with E-state index in [1.807, 2.05) is 26.0 Å². The van der Waals surface area contributed by atoms with Gasteiger partial charge in [0.05, 0.1) is 19.3 Å². The van der Waals surface area contributed by atoms with Gasteiger partial charge in [0, 0.05) is 25.5 Å². The van der Waals surface area contributed by atoms with Crippen LogP contribution in [0.25, 0.3) is 0 Å². The van der Waals surface area contributed by atoms with Crippen LogP contribution in [0.3, 0.4) is 0 Å². The Kier molecular flexibility index (Phi) is 5.44. The second kappa shape index (κ2) is 6.61. The molecule has 1 rings (SSSR count). The molecule has 0 aliphatic carbocycles. The standard InChI is InChI=1S/C14H23NO3/c1-14(2,17-4)5-6-18-10-11-7-12(15)9-13(8-11)16-3/h7-9H,5-6,10,15H2,1-4H3. The maximum absolute atomic E-state index is 5.77. The summed E-state index contributed by atoms with van der Waals surface area (Å²) in [6, 6.07) is 5.61. The number of benzene rings is 1. The van der Waals surface area contributed by atoms with Crippen LogP contribution in [-0.2, 0) is 16.1 Å². The van der Waals surface area contributed by atoms with Gasteiger partial charge in [-0.15, -0.1) is 0 Å². The van der Waals surface area contributed by atoms with E-state index in [1.54, 1.807) is 20.3 Å². The van der Waals surface area contributed by atoms with E-state index >= 15 is 0 Å². The third kappa shape index (κ3) is 4.94. The first-order valence-corrected chi connectivity index (χ1v) is 6.03. The summed E-state index contributed by atoms with van der Waals surface area (Å²) >= 11 is 0. The van der Waals surface area contributed by atoms with E-state index < -0.39 is 0 Å². The topological polar surface area (TPSA) is 53.7 Å². The van der Waals surface area contributed by atoms with Gasteiger partial charge in [-0.2, -0.15) is 0 Å². The molecule has 0 heterocycles. The van der Waals surface area contributed by atoms with E-state index in [4.69, 9.17) is 19.9 Å². The number of nitrogens with two attached hydrogens (primary N) is 1. The number of anilines is 1. The van der Waals surface area contributed by atoms with Crippen LogP contribution in [-0.4, -0.2) is 26.4 Å². The van der Waals surface area contributed by atoms with Crippen molar-refractivity contribution < 1.29 is 14.2 Å². The zero-order valence-electron chi connectivity index (χ0n) is 11.7. The third-order valence-corrected chi connectivity index (χ3v) is 2.89. The van der Waals surface area contributed by atoms with Crippen LogP contribution in [0, 0.1) is 0 Å². The zero-order valence-corrected chi connectivity index (χ0v) is 11.7. The van der Waals surface area contributed by atoms with E-state index in [1.165, 1.54) is 0 Å². The third-order valence-electron chi connectivity index (χ3n) is 2.89. The average molecular weight is 253 g/mol. The molecule has 18 heavy (non-hydrogen) atoms. The number of hydrogen-bond donors (Lipinski definition) is 1. The van der Waals surface area contributed by atoms with Crippen LogP contribution in [0.1, 0.15) is 25.8 Å². The molecule has 0 fully saturated rings. The molecule has 0 bridgehead atoms. The van der Waals surface area contributed by atoms with Crippen molar-refractivity contribution in [3.05, 3.63) is 23.8 Å². The van der Waals surface area contributed by atoms with E-state index in [0.29, 0.717) is 18.9 Å². The molecule has 0 saturated carbocycles. The summed E-state index contributed by atoms with van der Waals surface area (Å²) in [6.45, 7) is 5.26. The highest BCUT2D eigenvalue weighted by molar-refractivity contribution is 5.47. The minimum absolute atomic E-state index is 0.145. The number of nitrogen functional groups attached to an aromatic ring is 1. The van der Waals surface area contributed by atoms with Crippen molar-refractivity contribution in [2.24, 2.45) is 0 Å². The normalized spacial score (nSPS) is 11.6. The van der Waals surface area contributed by atoms with Crippen LogP contribution in [0.4, 0.5) is 5.69 Å². The Labute approximate surface area is 109 Å². The Bertz CT molecular complexity index is 377. The fourth-order valence-electron chi connectivity index (χ4n) is 1.50. The van der Waals surface area contributed by atoms with Gasteiger partial charge in [0.1, 0.15) is 5.75 Å². The lowest BCUT2D eigenvalue weighted by Crippen LogP contribution is -2.24. The number of hydrogen-bond acceptors (Lipinski definition) is 4. The van der Waals surface area contributed by atoms with Crippen LogP contribution < -0.4 is 10.5 Å². The second-order valence-corrected chi connectivity index (χ2v) is 4.88. The van der Waals surface area contributed by atoms with Gasteiger partial charge in [-0.25, -0.2) is 0 Å². The Balaban J connectivity index is 2.42. The fraction of sp³-hybridized carbons (Fsp3) is 0.571. The second-order valence-electron chi connectivity index (χ2n) is 4.88. The summed E-state index contributed by atoms with van der Waals surface area (Å²) in [5.41, 5.74) is 7.33. The van der Waals surface area contributed by atoms with Gasteiger partial charge in [0.2, 0.25) is 0 Å². The van der Waals surface area contributed by atoms with Gasteiger partial charge in [-0.05, 0) is 38.0 Å². The number of ether oxygens (including phenoxy) is 3.